The number of halogens is 3. The van der Waals surface area contributed by atoms with Crippen LogP contribution in [-0.4, -0.2) is 11.5 Å². The lowest BCUT2D eigenvalue weighted by molar-refractivity contribution is -0.137. The molecule has 1 aromatic heterocycles. The van der Waals surface area contributed by atoms with Crippen LogP contribution in [0.5, 0.6) is 0 Å². The highest BCUT2D eigenvalue weighted by atomic mass is 32.1. The second kappa shape index (κ2) is 5.00. The van der Waals surface area contributed by atoms with Crippen LogP contribution in [0.2, 0.25) is 0 Å². The molecule has 108 valence electrons. The van der Waals surface area contributed by atoms with Crippen LogP contribution in [0.3, 0.4) is 0 Å². The monoisotopic (exact) mass is 300 g/mol. The molecule has 3 rings (SSSR count). The van der Waals surface area contributed by atoms with Crippen molar-refractivity contribution in [2.45, 2.75) is 32.0 Å². The van der Waals surface area contributed by atoms with Crippen LogP contribution in [0.25, 0.3) is 10.2 Å². The van der Waals surface area contributed by atoms with Gasteiger partial charge in [-0.1, -0.05) is 19.1 Å². The number of thiazole rings is 1. The summed E-state index contributed by atoms with van der Waals surface area (Å²) in [6.45, 7) is 3.08. The van der Waals surface area contributed by atoms with Crippen LogP contribution in [-0.2, 0) is 6.18 Å². The lowest BCUT2D eigenvalue weighted by Gasteiger charge is -2.28. The number of hydrogen-bond acceptors (Lipinski definition) is 3. The molecule has 20 heavy (non-hydrogen) atoms. The molecule has 0 radical (unpaired) electrons. The fraction of sp³-hybridized carbons (Fsp3) is 0.500. The van der Waals surface area contributed by atoms with E-state index in [9.17, 15) is 13.2 Å². The number of benzene rings is 1. The summed E-state index contributed by atoms with van der Waals surface area (Å²) in [6, 6.07) is 5.51. The topological polar surface area (TPSA) is 24.9 Å². The Bertz CT molecular complexity index is 612. The summed E-state index contributed by atoms with van der Waals surface area (Å²) in [5.74, 6) is 0.617. The van der Waals surface area contributed by atoms with Crippen molar-refractivity contribution in [2.75, 3.05) is 6.54 Å². The number of para-hydroxylation sites is 1. The molecule has 6 heteroatoms. The summed E-state index contributed by atoms with van der Waals surface area (Å²) in [5.41, 5.74) is 1.39. The van der Waals surface area contributed by atoms with Gasteiger partial charge in [0.2, 0.25) is 0 Å². The zero-order chi connectivity index (χ0) is 14.3. The number of nitrogens with zero attached hydrogens (tertiary/aromatic N) is 1. The number of hydrogen-bond donors (Lipinski definition) is 1. The highest BCUT2D eigenvalue weighted by Crippen LogP contribution is 2.38. The van der Waals surface area contributed by atoms with Gasteiger partial charge in [0, 0.05) is 6.04 Å². The molecule has 0 saturated carbocycles. The van der Waals surface area contributed by atoms with Gasteiger partial charge in [-0.3, -0.25) is 0 Å². The number of aromatic nitrogens is 1. The third kappa shape index (κ3) is 2.54. The van der Waals surface area contributed by atoms with Crippen molar-refractivity contribution in [1.82, 2.24) is 10.3 Å². The van der Waals surface area contributed by atoms with E-state index in [0.29, 0.717) is 16.1 Å². The smallest absolute Gasteiger partial charge is 0.310 e. The van der Waals surface area contributed by atoms with Crippen LogP contribution in [0, 0.1) is 5.92 Å². The Morgan fingerprint density at radius 3 is 2.75 bits per heavy atom. The molecule has 0 amide bonds. The highest BCUT2D eigenvalue weighted by molar-refractivity contribution is 7.18. The van der Waals surface area contributed by atoms with Crippen molar-refractivity contribution in [3.63, 3.8) is 0 Å². The third-order valence-electron chi connectivity index (χ3n) is 3.73. The summed E-state index contributed by atoms with van der Waals surface area (Å²) in [6.07, 6.45) is -2.33. The van der Waals surface area contributed by atoms with Crippen molar-refractivity contribution < 1.29 is 13.2 Å². The Kier molecular flexibility index (Phi) is 3.46. The van der Waals surface area contributed by atoms with Gasteiger partial charge >= 0.3 is 6.18 Å². The van der Waals surface area contributed by atoms with Gasteiger partial charge in [0.1, 0.15) is 0 Å². The van der Waals surface area contributed by atoms with Crippen molar-refractivity contribution in [1.29, 1.82) is 0 Å². The van der Waals surface area contributed by atoms with Gasteiger partial charge in [0.15, 0.2) is 5.01 Å². The molecule has 2 nitrogen and oxygen atoms in total. The summed E-state index contributed by atoms with van der Waals surface area (Å²) >= 11 is 0.719. The number of nitrogens with one attached hydrogen (secondary N) is 1. The molecule has 2 heterocycles. The average Bonchev–Trinajstić information content (AvgIpc) is 2.83. The van der Waals surface area contributed by atoms with Crippen molar-refractivity contribution in [3.05, 3.63) is 28.8 Å². The number of alkyl halides is 3. The Morgan fingerprint density at radius 1 is 1.30 bits per heavy atom. The minimum atomic E-state index is -4.37. The minimum Gasteiger partial charge on any atom is -0.310 e. The van der Waals surface area contributed by atoms with E-state index in [1.165, 1.54) is 0 Å². The standard InChI is InChI=1S/C14H15F3N2S/c1-8-5-6-10(18-7-8)9-3-2-4-11-12(9)19-13(20-11)14(15,16)17/h2-4,8,10,18H,5-7H2,1H3. The maximum Gasteiger partial charge on any atom is 0.443 e. The lowest BCUT2D eigenvalue weighted by Crippen LogP contribution is -2.31. The first-order valence-corrected chi connectivity index (χ1v) is 7.47. The van der Waals surface area contributed by atoms with Gasteiger partial charge in [-0.15, -0.1) is 11.3 Å². The van der Waals surface area contributed by atoms with Crippen molar-refractivity contribution in [2.24, 2.45) is 5.92 Å². The number of rotatable bonds is 1. The molecule has 1 saturated heterocycles. The van der Waals surface area contributed by atoms with Gasteiger partial charge in [0.05, 0.1) is 10.2 Å². The fourth-order valence-corrected chi connectivity index (χ4v) is 3.50. The maximum atomic E-state index is 12.8. The van der Waals surface area contributed by atoms with Crippen LogP contribution in [0.4, 0.5) is 13.2 Å². The number of fused-ring (bicyclic) bond motifs is 1. The molecule has 1 aromatic carbocycles. The number of piperidine rings is 1. The van der Waals surface area contributed by atoms with Crippen molar-refractivity contribution >= 4 is 21.6 Å². The Balaban J connectivity index is 2.01. The second-order valence-corrected chi connectivity index (χ2v) is 6.38. The molecule has 0 bridgehead atoms. The first kappa shape index (κ1) is 13.8. The van der Waals surface area contributed by atoms with E-state index in [-0.39, 0.29) is 6.04 Å². The van der Waals surface area contributed by atoms with Crippen LogP contribution < -0.4 is 5.32 Å². The largest absolute Gasteiger partial charge is 0.443 e. The first-order valence-electron chi connectivity index (χ1n) is 6.65. The minimum absolute atomic E-state index is 0.109. The molecule has 0 aliphatic carbocycles. The summed E-state index contributed by atoms with van der Waals surface area (Å²) in [5, 5.41) is 2.65. The van der Waals surface area contributed by atoms with Crippen molar-refractivity contribution in [3.8, 4) is 0 Å². The maximum absolute atomic E-state index is 12.8. The van der Waals surface area contributed by atoms with Gasteiger partial charge in [-0.05, 0) is 36.9 Å². The van der Waals surface area contributed by atoms with E-state index in [1.54, 1.807) is 6.07 Å². The molecular formula is C14H15F3N2S. The molecular weight excluding hydrogens is 285 g/mol. The summed E-state index contributed by atoms with van der Waals surface area (Å²) in [7, 11) is 0. The lowest BCUT2D eigenvalue weighted by atomic mass is 9.92. The quantitative estimate of drug-likeness (QED) is 0.845. The molecule has 2 atom stereocenters. The SMILES string of the molecule is CC1CCC(c2cccc3sc(C(F)(F)F)nc23)NC1. The molecule has 1 aliphatic rings. The van der Waals surface area contributed by atoms with E-state index >= 15 is 0 Å². The van der Waals surface area contributed by atoms with E-state index in [2.05, 4.69) is 17.2 Å². The van der Waals surface area contributed by atoms with E-state index in [4.69, 9.17) is 0 Å². The molecule has 0 spiro atoms. The predicted octanol–water partition coefficient (Wildman–Crippen LogP) is 4.38. The molecule has 1 fully saturated rings. The van der Waals surface area contributed by atoms with Gasteiger partial charge < -0.3 is 5.32 Å². The Hall–Kier alpha value is -1.14. The Morgan fingerprint density at radius 2 is 2.10 bits per heavy atom. The molecule has 2 aromatic rings. The zero-order valence-electron chi connectivity index (χ0n) is 11.0. The van der Waals surface area contributed by atoms with E-state index in [1.807, 2.05) is 12.1 Å². The molecule has 1 N–H and O–H groups in total. The zero-order valence-corrected chi connectivity index (χ0v) is 11.8. The average molecular weight is 300 g/mol. The fourth-order valence-electron chi connectivity index (χ4n) is 2.64. The van der Waals surface area contributed by atoms with Gasteiger partial charge in [-0.2, -0.15) is 13.2 Å². The molecule has 2 unspecified atom stereocenters. The van der Waals surface area contributed by atoms with E-state index < -0.39 is 11.2 Å². The summed E-state index contributed by atoms with van der Waals surface area (Å²) < 4.78 is 39.0. The second-order valence-electron chi connectivity index (χ2n) is 5.35. The van der Waals surface area contributed by atoms with Crippen LogP contribution in [0.1, 0.15) is 36.4 Å². The van der Waals surface area contributed by atoms with Gasteiger partial charge in [-0.25, -0.2) is 4.98 Å². The highest BCUT2D eigenvalue weighted by Gasteiger charge is 2.35. The van der Waals surface area contributed by atoms with Gasteiger partial charge in [0.25, 0.3) is 0 Å². The first-order chi connectivity index (χ1) is 9.45. The summed E-state index contributed by atoms with van der Waals surface area (Å²) in [4.78, 5) is 3.83. The Labute approximate surface area is 119 Å². The van der Waals surface area contributed by atoms with E-state index in [0.717, 1.165) is 36.3 Å². The predicted molar refractivity (Wildman–Crippen MR) is 73.8 cm³/mol. The van der Waals surface area contributed by atoms with Crippen LogP contribution in [0.15, 0.2) is 18.2 Å². The third-order valence-corrected chi connectivity index (χ3v) is 4.79. The molecule has 1 aliphatic heterocycles. The van der Waals surface area contributed by atoms with Crippen LogP contribution >= 0.6 is 11.3 Å². The normalized spacial score (nSPS) is 24.2.